The molecule has 25 heavy (non-hydrogen) atoms. The minimum absolute atomic E-state index is 0.0341. The highest BCUT2D eigenvalue weighted by molar-refractivity contribution is 5.66. The van der Waals surface area contributed by atoms with E-state index in [0.29, 0.717) is 17.8 Å². The van der Waals surface area contributed by atoms with E-state index in [9.17, 15) is 9.90 Å². The van der Waals surface area contributed by atoms with Gasteiger partial charge in [0.05, 0.1) is 5.60 Å². The standard InChI is InChI=1S/C22H34O3/c1-14(23)25-16-7-10-20(2)15(13-16)5-6-17-18(20)8-11-21(3)19(17)9-12-22(21,4)24/h7,10,15-19,24H,5-6,8-9,11-13H2,1-4H3/t15-,16-,17-,18+,19+,20+,21+,22-/m1/s1. The van der Waals surface area contributed by atoms with Gasteiger partial charge >= 0.3 is 5.97 Å². The van der Waals surface area contributed by atoms with Gasteiger partial charge in [0.2, 0.25) is 0 Å². The molecule has 3 nitrogen and oxygen atoms in total. The molecule has 140 valence electrons. The summed E-state index contributed by atoms with van der Waals surface area (Å²) < 4.78 is 5.48. The van der Waals surface area contributed by atoms with Gasteiger partial charge in [-0.1, -0.05) is 19.9 Å². The predicted octanol–water partition coefficient (Wildman–Crippen LogP) is 4.49. The van der Waals surface area contributed by atoms with Crippen LogP contribution >= 0.6 is 0 Å². The van der Waals surface area contributed by atoms with Crippen LogP contribution in [0.25, 0.3) is 0 Å². The lowest BCUT2D eigenvalue weighted by Crippen LogP contribution is -2.55. The van der Waals surface area contributed by atoms with Gasteiger partial charge in [-0.25, -0.2) is 0 Å². The van der Waals surface area contributed by atoms with Crippen molar-refractivity contribution in [2.75, 3.05) is 0 Å². The number of hydrogen-bond donors (Lipinski definition) is 1. The van der Waals surface area contributed by atoms with Crippen molar-refractivity contribution in [3.8, 4) is 0 Å². The lowest BCUT2D eigenvalue weighted by atomic mass is 9.45. The Labute approximate surface area is 152 Å². The lowest BCUT2D eigenvalue weighted by Gasteiger charge is -2.60. The van der Waals surface area contributed by atoms with Gasteiger partial charge in [0.1, 0.15) is 6.10 Å². The molecule has 4 aliphatic rings. The molecule has 3 fully saturated rings. The largest absolute Gasteiger partial charge is 0.458 e. The minimum Gasteiger partial charge on any atom is -0.458 e. The van der Waals surface area contributed by atoms with E-state index >= 15 is 0 Å². The fourth-order valence-corrected chi connectivity index (χ4v) is 7.32. The molecule has 3 saturated carbocycles. The van der Waals surface area contributed by atoms with Crippen LogP contribution in [0.5, 0.6) is 0 Å². The van der Waals surface area contributed by atoms with Crippen molar-refractivity contribution >= 4 is 5.97 Å². The number of esters is 1. The maximum absolute atomic E-state index is 11.3. The van der Waals surface area contributed by atoms with Crippen LogP contribution in [0, 0.1) is 34.5 Å². The molecule has 4 aliphatic carbocycles. The number of rotatable bonds is 1. The van der Waals surface area contributed by atoms with Crippen molar-refractivity contribution in [1.82, 2.24) is 0 Å². The van der Waals surface area contributed by atoms with Gasteiger partial charge in [0.25, 0.3) is 0 Å². The van der Waals surface area contributed by atoms with Crippen LogP contribution in [-0.4, -0.2) is 22.8 Å². The number of carbonyl (C=O) groups excluding carboxylic acids is 1. The van der Waals surface area contributed by atoms with Gasteiger partial charge in [-0.3, -0.25) is 4.79 Å². The van der Waals surface area contributed by atoms with Gasteiger partial charge in [-0.2, -0.15) is 0 Å². The molecule has 0 aliphatic heterocycles. The van der Waals surface area contributed by atoms with Crippen molar-refractivity contribution < 1.29 is 14.6 Å². The highest BCUT2D eigenvalue weighted by atomic mass is 16.5. The molecule has 0 aromatic rings. The molecule has 0 spiro atoms. The summed E-state index contributed by atoms with van der Waals surface area (Å²) in [5.74, 6) is 2.57. The molecule has 0 aromatic heterocycles. The van der Waals surface area contributed by atoms with Crippen molar-refractivity contribution in [1.29, 1.82) is 0 Å². The van der Waals surface area contributed by atoms with Gasteiger partial charge < -0.3 is 9.84 Å². The molecule has 0 radical (unpaired) electrons. The zero-order valence-corrected chi connectivity index (χ0v) is 16.3. The molecule has 0 bridgehead atoms. The summed E-state index contributed by atoms with van der Waals surface area (Å²) in [6.07, 6.45) is 12.5. The van der Waals surface area contributed by atoms with E-state index in [2.05, 4.69) is 32.9 Å². The van der Waals surface area contributed by atoms with Crippen molar-refractivity contribution in [2.24, 2.45) is 34.5 Å². The third-order valence-corrected chi connectivity index (χ3v) is 9.03. The summed E-state index contributed by atoms with van der Waals surface area (Å²) in [4.78, 5) is 11.3. The summed E-state index contributed by atoms with van der Waals surface area (Å²) in [6.45, 7) is 8.38. The number of fused-ring (bicyclic) bond motifs is 5. The molecule has 0 saturated heterocycles. The molecule has 3 heteroatoms. The van der Waals surface area contributed by atoms with E-state index in [1.165, 1.54) is 32.6 Å². The van der Waals surface area contributed by atoms with Crippen LogP contribution in [0.2, 0.25) is 0 Å². The number of aliphatic hydroxyl groups is 1. The Bertz CT molecular complexity index is 594. The molecular weight excluding hydrogens is 312 g/mol. The Morgan fingerprint density at radius 2 is 1.80 bits per heavy atom. The average Bonchev–Trinajstić information content (AvgIpc) is 2.77. The Kier molecular flexibility index (Phi) is 3.92. The van der Waals surface area contributed by atoms with Gasteiger partial charge in [-0.15, -0.1) is 0 Å². The molecular formula is C22H34O3. The summed E-state index contributed by atoms with van der Waals surface area (Å²) in [7, 11) is 0. The number of ether oxygens (including phenoxy) is 1. The van der Waals surface area contributed by atoms with Gasteiger partial charge in [0.15, 0.2) is 0 Å². The zero-order chi connectivity index (χ0) is 18.0. The van der Waals surface area contributed by atoms with E-state index in [0.717, 1.165) is 25.2 Å². The molecule has 1 N–H and O–H groups in total. The lowest BCUT2D eigenvalue weighted by molar-refractivity contribution is -0.149. The summed E-state index contributed by atoms with van der Waals surface area (Å²) in [5.41, 5.74) is -0.172. The van der Waals surface area contributed by atoms with Gasteiger partial charge in [-0.05, 0) is 92.4 Å². The summed E-state index contributed by atoms with van der Waals surface area (Å²) >= 11 is 0. The minimum atomic E-state index is -0.497. The Balaban J connectivity index is 1.60. The van der Waals surface area contributed by atoms with Crippen LogP contribution in [0.1, 0.15) is 72.6 Å². The monoisotopic (exact) mass is 346 g/mol. The van der Waals surface area contributed by atoms with E-state index in [4.69, 9.17) is 4.74 Å². The maximum atomic E-state index is 11.3. The second-order valence-electron chi connectivity index (χ2n) is 10.0. The Morgan fingerprint density at radius 3 is 2.52 bits per heavy atom. The Hall–Kier alpha value is -0.830. The number of carbonyl (C=O) groups is 1. The average molecular weight is 347 g/mol. The zero-order valence-electron chi connectivity index (χ0n) is 16.3. The van der Waals surface area contributed by atoms with Crippen molar-refractivity contribution in [2.45, 2.75) is 84.3 Å². The fraction of sp³-hybridized carbons (Fsp3) is 0.864. The fourth-order valence-electron chi connectivity index (χ4n) is 7.32. The molecule has 0 aromatic carbocycles. The topological polar surface area (TPSA) is 46.5 Å². The second-order valence-corrected chi connectivity index (χ2v) is 10.0. The van der Waals surface area contributed by atoms with Crippen LogP contribution in [0.3, 0.4) is 0 Å². The normalized spacial score (nSPS) is 54.4. The first-order valence-corrected chi connectivity index (χ1v) is 10.3. The van der Waals surface area contributed by atoms with Crippen LogP contribution in [-0.2, 0) is 9.53 Å². The van der Waals surface area contributed by atoms with Gasteiger partial charge in [0, 0.05) is 6.92 Å². The SMILES string of the molecule is CC(=O)O[C@@H]1C=C[C@@]2(C)[C@H](CC[C@@H]3[C@@H]2CC[C@@]2(C)[C@H]3CC[C@@]2(C)O)C1. The summed E-state index contributed by atoms with van der Waals surface area (Å²) in [5, 5.41) is 11.0. The second kappa shape index (κ2) is 5.58. The highest BCUT2D eigenvalue weighted by Gasteiger charge is 2.62. The number of hydrogen-bond acceptors (Lipinski definition) is 3. The van der Waals surface area contributed by atoms with Crippen molar-refractivity contribution in [3.63, 3.8) is 0 Å². The molecule has 4 rings (SSSR count). The first kappa shape index (κ1) is 17.6. The van der Waals surface area contributed by atoms with Crippen LogP contribution < -0.4 is 0 Å². The summed E-state index contributed by atoms with van der Waals surface area (Å²) in [6, 6.07) is 0. The molecule has 0 heterocycles. The molecule has 0 unspecified atom stereocenters. The molecule has 8 atom stereocenters. The third-order valence-electron chi connectivity index (χ3n) is 9.03. The number of allylic oxidation sites excluding steroid dienone is 1. The van der Waals surface area contributed by atoms with E-state index in [1.54, 1.807) is 0 Å². The highest BCUT2D eigenvalue weighted by Crippen LogP contribution is 2.67. The predicted molar refractivity (Wildman–Crippen MR) is 97.8 cm³/mol. The smallest absolute Gasteiger partial charge is 0.303 e. The van der Waals surface area contributed by atoms with Crippen LogP contribution in [0.15, 0.2) is 12.2 Å². The maximum Gasteiger partial charge on any atom is 0.303 e. The Morgan fingerprint density at radius 1 is 1.08 bits per heavy atom. The van der Waals surface area contributed by atoms with E-state index < -0.39 is 5.60 Å². The quantitative estimate of drug-likeness (QED) is 0.562. The third kappa shape index (κ3) is 2.44. The van der Waals surface area contributed by atoms with Crippen LogP contribution in [0.4, 0.5) is 0 Å². The molecule has 0 amide bonds. The first-order chi connectivity index (χ1) is 11.7. The van der Waals surface area contributed by atoms with Crippen molar-refractivity contribution in [3.05, 3.63) is 12.2 Å². The van der Waals surface area contributed by atoms with E-state index in [1.807, 2.05) is 0 Å². The van der Waals surface area contributed by atoms with E-state index in [-0.39, 0.29) is 22.9 Å². The first-order valence-electron chi connectivity index (χ1n) is 10.3.